The van der Waals surface area contributed by atoms with Gasteiger partial charge >= 0.3 is 0 Å². The van der Waals surface area contributed by atoms with Crippen molar-refractivity contribution >= 4 is 11.5 Å². The molecule has 0 spiro atoms. The van der Waals surface area contributed by atoms with Crippen molar-refractivity contribution in [1.29, 1.82) is 0 Å². The minimum Gasteiger partial charge on any atom is -0.375 e. The van der Waals surface area contributed by atoms with Crippen molar-refractivity contribution in [2.24, 2.45) is 0 Å². The van der Waals surface area contributed by atoms with Gasteiger partial charge in [0.15, 0.2) is 0 Å². The lowest BCUT2D eigenvalue weighted by Gasteiger charge is -2.19. The van der Waals surface area contributed by atoms with Gasteiger partial charge in [-0.2, -0.15) is 0 Å². The third-order valence-corrected chi connectivity index (χ3v) is 2.60. The van der Waals surface area contributed by atoms with Crippen molar-refractivity contribution in [3.63, 3.8) is 0 Å². The highest BCUT2D eigenvalue weighted by Crippen LogP contribution is 2.17. The Morgan fingerprint density at radius 1 is 1.44 bits per heavy atom. The zero-order valence-electron chi connectivity index (χ0n) is 10.1. The first-order valence-corrected chi connectivity index (χ1v) is 5.47. The van der Waals surface area contributed by atoms with E-state index in [2.05, 4.69) is 0 Å². The average molecular weight is 223 g/mol. The fourth-order valence-electron chi connectivity index (χ4n) is 1.56. The van der Waals surface area contributed by atoms with Crippen LogP contribution in [0.25, 0.3) is 0 Å². The van der Waals surface area contributed by atoms with E-state index in [9.17, 15) is 9.18 Å². The molecule has 0 heterocycles. The summed E-state index contributed by atoms with van der Waals surface area (Å²) in [5.74, 6) is 0.0320. The van der Waals surface area contributed by atoms with E-state index in [4.69, 9.17) is 0 Å². The number of ketones is 1. The Labute approximate surface area is 96.1 Å². The molecule has 0 atom stereocenters. The number of halogens is 1. The summed E-state index contributed by atoms with van der Waals surface area (Å²) in [7, 11) is 1.95. The number of hydrogen-bond acceptors (Lipinski definition) is 2. The summed E-state index contributed by atoms with van der Waals surface area (Å²) >= 11 is 0. The largest absolute Gasteiger partial charge is 0.375 e. The van der Waals surface area contributed by atoms with E-state index in [1.54, 1.807) is 19.9 Å². The molecule has 0 saturated heterocycles. The van der Waals surface area contributed by atoms with E-state index in [0.29, 0.717) is 12.0 Å². The van der Waals surface area contributed by atoms with Crippen molar-refractivity contribution in [2.45, 2.75) is 26.7 Å². The first kappa shape index (κ1) is 12.7. The van der Waals surface area contributed by atoms with Gasteiger partial charge in [0.05, 0.1) is 0 Å². The molecule has 0 aliphatic heterocycles. The molecule has 1 aromatic carbocycles. The minimum atomic E-state index is -0.180. The van der Waals surface area contributed by atoms with Crippen LogP contribution in [-0.2, 0) is 4.79 Å². The summed E-state index contributed by atoms with van der Waals surface area (Å²) in [5, 5.41) is 0. The molecule has 0 aliphatic carbocycles. The summed E-state index contributed by atoms with van der Waals surface area (Å²) in [6, 6.07) is 5.06. The molecule has 88 valence electrons. The third kappa shape index (κ3) is 3.65. The molecule has 3 heteroatoms. The van der Waals surface area contributed by atoms with Crippen LogP contribution in [0, 0.1) is 12.7 Å². The van der Waals surface area contributed by atoms with Gasteiger partial charge in [-0.05, 0) is 44.0 Å². The first-order chi connectivity index (χ1) is 7.50. The van der Waals surface area contributed by atoms with Crippen molar-refractivity contribution in [2.75, 3.05) is 18.5 Å². The van der Waals surface area contributed by atoms with Gasteiger partial charge in [-0.15, -0.1) is 0 Å². The second kappa shape index (κ2) is 5.64. The molecule has 0 aromatic heterocycles. The van der Waals surface area contributed by atoms with Gasteiger partial charge in [-0.3, -0.25) is 0 Å². The Balaban J connectivity index is 2.55. The monoisotopic (exact) mass is 223 g/mol. The summed E-state index contributed by atoms with van der Waals surface area (Å²) in [6.07, 6.45) is 1.44. The normalized spacial score (nSPS) is 10.2. The fourth-order valence-corrected chi connectivity index (χ4v) is 1.56. The van der Waals surface area contributed by atoms with Crippen LogP contribution in [0.15, 0.2) is 18.2 Å². The molecule has 16 heavy (non-hydrogen) atoms. The topological polar surface area (TPSA) is 20.3 Å². The van der Waals surface area contributed by atoms with E-state index in [1.807, 2.05) is 18.0 Å². The number of nitrogens with zero attached hydrogens (tertiary/aromatic N) is 1. The van der Waals surface area contributed by atoms with Crippen LogP contribution >= 0.6 is 0 Å². The molecule has 0 radical (unpaired) electrons. The summed E-state index contributed by atoms with van der Waals surface area (Å²) < 4.78 is 13.1. The van der Waals surface area contributed by atoms with Crippen molar-refractivity contribution in [3.8, 4) is 0 Å². The van der Waals surface area contributed by atoms with Crippen molar-refractivity contribution < 1.29 is 9.18 Å². The lowest BCUT2D eigenvalue weighted by Crippen LogP contribution is -2.19. The zero-order valence-corrected chi connectivity index (χ0v) is 10.1. The fraction of sp³-hybridized carbons (Fsp3) is 0.462. The molecule has 1 aromatic rings. The highest BCUT2D eigenvalue weighted by molar-refractivity contribution is 5.75. The van der Waals surface area contributed by atoms with E-state index in [0.717, 1.165) is 18.7 Å². The number of rotatable bonds is 5. The van der Waals surface area contributed by atoms with E-state index >= 15 is 0 Å². The van der Waals surface area contributed by atoms with Gasteiger partial charge < -0.3 is 9.69 Å². The summed E-state index contributed by atoms with van der Waals surface area (Å²) in [4.78, 5) is 12.8. The molecule has 0 saturated carbocycles. The highest BCUT2D eigenvalue weighted by Gasteiger charge is 2.04. The minimum absolute atomic E-state index is 0.180. The highest BCUT2D eigenvalue weighted by atomic mass is 19.1. The Morgan fingerprint density at radius 2 is 2.12 bits per heavy atom. The van der Waals surface area contributed by atoms with Crippen LogP contribution in [0.4, 0.5) is 10.1 Å². The SMILES string of the molecule is CC(=O)CCCN(C)c1ccc(F)c(C)c1. The molecule has 1 rings (SSSR count). The summed E-state index contributed by atoms with van der Waals surface area (Å²) in [5.41, 5.74) is 1.64. The van der Waals surface area contributed by atoms with E-state index < -0.39 is 0 Å². The number of anilines is 1. The molecule has 2 nitrogen and oxygen atoms in total. The molecular formula is C13H18FNO. The standard InChI is InChI=1S/C13H18FNO/c1-10-9-12(6-7-13(10)14)15(3)8-4-5-11(2)16/h6-7,9H,4-5,8H2,1-3H3. The van der Waals surface area contributed by atoms with Gasteiger partial charge in [-0.25, -0.2) is 4.39 Å². The number of aryl methyl sites for hydroxylation is 1. The van der Waals surface area contributed by atoms with Crippen LogP contribution in [0.2, 0.25) is 0 Å². The number of carbonyl (C=O) groups is 1. The lowest BCUT2D eigenvalue weighted by atomic mass is 10.2. The maximum absolute atomic E-state index is 13.1. The predicted octanol–water partition coefficient (Wildman–Crippen LogP) is 2.94. The molecule has 0 N–H and O–H groups in total. The Morgan fingerprint density at radius 3 is 2.69 bits per heavy atom. The predicted molar refractivity (Wildman–Crippen MR) is 64.3 cm³/mol. The maximum atomic E-state index is 13.1. The molecular weight excluding hydrogens is 205 g/mol. The van der Waals surface area contributed by atoms with Gasteiger partial charge in [0.2, 0.25) is 0 Å². The molecule has 0 unspecified atom stereocenters. The van der Waals surface area contributed by atoms with Gasteiger partial charge in [0.1, 0.15) is 11.6 Å². The Hall–Kier alpha value is -1.38. The second-order valence-electron chi connectivity index (χ2n) is 4.16. The molecule has 0 amide bonds. The van der Waals surface area contributed by atoms with Gasteiger partial charge in [0.25, 0.3) is 0 Å². The third-order valence-electron chi connectivity index (χ3n) is 2.60. The maximum Gasteiger partial charge on any atom is 0.129 e. The second-order valence-corrected chi connectivity index (χ2v) is 4.16. The number of Topliss-reactive ketones (excluding diaryl/α,β-unsaturated/α-hetero) is 1. The Bertz CT molecular complexity index is 376. The van der Waals surface area contributed by atoms with Crippen LogP contribution in [0.3, 0.4) is 0 Å². The Kier molecular flexibility index (Phi) is 4.47. The lowest BCUT2D eigenvalue weighted by molar-refractivity contribution is -0.117. The van der Waals surface area contributed by atoms with Crippen LogP contribution in [-0.4, -0.2) is 19.4 Å². The van der Waals surface area contributed by atoms with E-state index in [-0.39, 0.29) is 11.6 Å². The van der Waals surface area contributed by atoms with Crippen molar-refractivity contribution in [3.05, 3.63) is 29.6 Å². The molecule has 0 aliphatic rings. The van der Waals surface area contributed by atoms with Gasteiger partial charge in [0, 0.05) is 25.7 Å². The van der Waals surface area contributed by atoms with Gasteiger partial charge in [-0.1, -0.05) is 0 Å². The number of hydrogen-bond donors (Lipinski definition) is 0. The number of benzene rings is 1. The number of carbonyl (C=O) groups excluding carboxylic acids is 1. The summed E-state index contributed by atoms with van der Waals surface area (Å²) in [6.45, 7) is 4.16. The van der Waals surface area contributed by atoms with Crippen LogP contribution in [0.5, 0.6) is 0 Å². The van der Waals surface area contributed by atoms with Crippen LogP contribution < -0.4 is 4.90 Å². The average Bonchev–Trinajstić information content (AvgIpc) is 2.21. The quantitative estimate of drug-likeness (QED) is 0.765. The smallest absolute Gasteiger partial charge is 0.129 e. The van der Waals surface area contributed by atoms with Crippen LogP contribution in [0.1, 0.15) is 25.3 Å². The van der Waals surface area contributed by atoms with E-state index in [1.165, 1.54) is 6.07 Å². The molecule has 0 bridgehead atoms. The first-order valence-electron chi connectivity index (χ1n) is 5.47. The van der Waals surface area contributed by atoms with Crippen molar-refractivity contribution in [1.82, 2.24) is 0 Å². The molecule has 0 fully saturated rings. The zero-order chi connectivity index (χ0) is 12.1.